The van der Waals surface area contributed by atoms with E-state index in [0.717, 1.165) is 27.2 Å². The van der Waals surface area contributed by atoms with Crippen LogP contribution >= 0.6 is 0 Å². The largest absolute Gasteiger partial charge is 0.481 e. The molecule has 0 spiro atoms. The van der Waals surface area contributed by atoms with Gasteiger partial charge in [-0.1, -0.05) is 0 Å². The Morgan fingerprint density at radius 1 is 0.905 bits per heavy atom. The summed E-state index contributed by atoms with van der Waals surface area (Å²) in [6.07, 6.45) is 0.454. The van der Waals surface area contributed by atoms with Crippen molar-refractivity contribution in [2.75, 3.05) is 6.61 Å². The summed E-state index contributed by atoms with van der Waals surface area (Å²) in [6.45, 7) is 3.74. The van der Waals surface area contributed by atoms with E-state index < -0.39 is 30.0 Å². The first-order valence-electron chi connectivity index (χ1n) is 5.68. The summed E-state index contributed by atoms with van der Waals surface area (Å²) in [5.74, 6) is -5.14. The highest BCUT2D eigenvalue weighted by Crippen LogP contribution is 2.19. The van der Waals surface area contributed by atoms with E-state index in [0.29, 0.717) is 13.0 Å². The van der Waals surface area contributed by atoms with Gasteiger partial charge in [-0.25, -0.2) is 0 Å². The van der Waals surface area contributed by atoms with Crippen molar-refractivity contribution >= 4 is 17.9 Å². The standard InChI is InChI=1S/C5H10O4.3C2H4O2/c6-5(7,8)4-2-1-3-9-4;3*1-2(3)4/h4,6-8H,1-3H2;3*1H3,(H,3,4). The maximum absolute atomic E-state index is 9.00. The number of ether oxygens (including phenoxy) is 1. The number of carbonyl (C=O) groups is 3. The SMILES string of the molecule is CC(=O)O.CC(=O)O.CC(=O)O.OC(O)(O)C1CCCO1. The quantitative estimate of drug-likeness (QED) is 0.330. The van der Waals surface area contributed by atoms with Crippen LogP contribution in [0.15, 0.2) is 0 Å². The van der Waals surface area contributed by atoms with E-state index in [1.165, 1.54) is 0 Å². The third-order valence-corrected chi connectivity index (χ3v) is 1.36. The van der Waals surface area contributed by atoms with E-state index in [4.69, 9.17) is 49.8 Å². The zero-order valence-corrected chi connectivity index (χ0v) is 12.0. The molecule has 1 rings (SSSR count). The summed E-state index contributed by atoms with van der Waals surface area (Å²) >= 11 is 0. The molecule has 0 aromatic rings. The number of hydrogen-bond acceptors (Lipinski definition) is 7. The summed E-state index contributed by atoms with van der Waals surface area (Å²) in [5, 5.41) is 47.8. The molecule has 1 unspecified atom stereocenters. The van der Waals surface area contributed by atoms with E-state index in [1.807, 2.05) is 0 Å². The number of carboxylic acid groups (broad SMARTS) is 3. The highest BCUT2D eigenvalue weighted by molar-refractivity contribution is 5.63. The number of aliphatic carboxylic acids is 3. The van der Waals surface area contributed by atoms with Crippen LogP contribution in [0.5, 0.6) is 0 Å². The second-order valence-corrected chi connectivity index (χ2v) is 3.75. The maximum atomic E-state index is 9.00. The molecule has 126 valence electrons. The van der Waals surface area contributed by atoms with Gasteiger partial charge in [0.15, 0.2) is 0 Å². The summed E-state index contributed by atoms with van der Waals surface area (Å²) in [4.78, 5) is 27.0. The van der Waals surface area contributed by atoms with Crippen LogP contribution in [0.25, 0.3) is 0 Å². The second kappa shape index (κ2) is 13.2. The van der Waals surface area contributed by atoms with E-state index in [-0.39, 0.29) is 0 Å². The fourth-order valence-electron chi connectivity index (χ4n) is 0.883. The predicted molar refractivity (Wildman–Crippen MR) is 68.3 cm³/mol. The molecule has 10 nitrogen and oxygen atoms in total. The number of hydrogen-bond donors (Lipinski definition) is 6. The lowest BCUT2D eigenvalue weighted by atomic mass is 10.2. The summed E-state index contributed by atoms with van der Waals surface area (Å²) in [6, 6.07) is 0. The number of aliphatic hydroxyl groups is 3. The lowest BCUT2D eigenvalue weighted by Crippen LogP contribution is -2.41. The molecule has 0 bridgehead atoms. The number of rotatable bonds is 1. The fraction of sp³-hybridized carbons (Fsp3) is 0.727. The van der Waals surface area contributed by atoms with Crippen molar-refractivity contribution in [3.63, 3.8) is 0 Å². The second-order valence-electron chi connectivity index (χ2n) is 3.75. The van der Waals surface area contributed by atoms with Crippen molar-refractivity contribution in [2.24, 2.45) is 0 Å². The van der Waals surface area contributed by atoms with Gasteiger partial charge in [0.2, 0.25) is 0 Å². The van der Waals surface area contributed by atoms with Crippen LogP contribution in [0.4, 0.5) is 0 Å². The lowest BCUT2D eigenvalue weighted by Gasteiger charge is -2.19. The lowest BCUT2D eigenvalue weighted by molar-refractivity contribution is -0.354. The third kappa shape index (κ3) is 38.1. The van der Waals surface area contributed by atoms with Crippen molar-refractivity contribution in [3.8, 4) is 0 Å². The van der Waals surface area contributed by atoms with Gasteiger partial charge in [-0.3, -0.25) is 14.4 Å². The Morgan fingerprint density at radius 2 is 1.19 bits per heavy atom. The Kier molecular flexibility index (Phi) is 15.3. The van der Waals surface area contributed by atoms with Crippen LogP contribution < -0.4 is 0 Å². The average molecular weight is 314 g/mol. The first-order chi connectivity index (χ1) is 9.30. The van der Waals surface area contributed by atoms with E-state index in [1.54, 1.807) is 0 Å². The van der Waals surface area contributed by atoms with Gasteiger partial charge in [-0.15, -0.1) is 0 Å². The predicted octanol–water partition coefficient (Wildman–Crippen LogP) is -0.931. The Morgan fingerprint density at radius 3 is 1.29 bits per heavy atom. The first-order valence-corrected chi connectivity index (χ1v) is 5.68. The van der Waals surface area contributed by atoms with E-state index in [9.17, 15) is 0 Å². The molecule has 1 aliphatic rings. The average Bonchev–Trinajstić information content (AvgIpc) is 2.64. The molecule has 0 amide bonds. The zero-order chi connectivity index (χ0) is 17.6. The van der Waals surface area contributed by atoms with Gasteiger partial charge in [0.05, 0.1) is 0 Å². The normalized spacial score (nSPS) is 16.0. The van der Waals surface area contributed by atoms with Gasteiger partial charge in [0.25, 0.3) is 17.9 Å². The molecule has 1 atom stereocenters. The van der Waals surface area contributed by atoms with Crippen molar-refractivity contribution in [2.45, 2.75) is 45.7 Å². The van der Waals surface area contributed by atoms with Crippen molar-refractivity contribution < 1.29 is 49.8 Å². The molecule has 0 radical (unpaired) electrons. The Balaban J connectivity index is -0.000000230. The van der Waals surface area contributed by atoms with Crippen molar-refractivity contribution in [1.29, 1.82) is 0 Å². The van der Waals surface area contributed by atoms with Crippen LogP contribution in [-0.4, -0.2) is 67.2 Å². The third-order valence-electron chi connectivity index (χ3n) is 1.36. The molecule has 0 aromatic heterocycles. The molecule has 6 N–H and O–H groups in total. The molecule has 21 heavy (non-hydrogen) atoms. The van der Waals surface area contributed by atoms with Gasteiger partial charge >= 0.3 is 5.97 Å². The molecule has 1 fully saturated rings. The summed E-state index contributed by atoms with van der Waals surface area (Å²) < 4.78 is 4.77. The number of carboxylic acids is 3. The van der Waals surface area contributed by atoms with Crippen molar-refractivity contribution in [3.05, 3.63) is 0 Å². The van der Waals surface area contributed by atoms with E-state index in [2.05, 4.69) is 0 Å². The minimum Gasteiger partial charge on any atom is -0.481 e. The van der Waals surface area contributed by atoms with Crippen LogP contribution in [0.2, 0.25) is 0 Å². The van der Waals surface area contributed by atoms with E-state index >= 15 is 0 Å². The van der Waals surface area contributed by atoms with Crippen LogP contribution in [0.1, 0.15) is 33.6 Å². The molecule has 10 heteroatoms. The van der Waals surface area contributed by atoms with Gasteiger partial charge in [0.1, 0.15) is 6.10 Å². The van der Waals surface area contributed by atoms with Gasteiger partial charge in [-0.2, -0.15) is 0 Å². The smallest absolute Gasteiger partial charge is 0.303 e. The maximum Gasteiger partial charge on any atom is 0.303 e. The molecule has 0 aliphatic carbocycles. The Labute approximate surface area is 121 Å². The highest BCUT2D eigenvalue weighted by atomic mass is 16.7. The van der Waals surface area contributed by atoms with Gasteiger partial charge in [-0.05, 0) is 12.8 Å². The summed E-state index contributed by atoms with van der Waals surface area (Å²) in [5.41, 5.74) is 0. The highest BCUT2D eigenvalue weighted by Gasteiger charge is 2.35. The topological polar surface area (TPSA) is 182 Å². The molecule has 0 aromatic carbocycles. The van der Waals surface area contributed by atoms with Gasteiger partial charge < -0.3 is 35.4 Å². The minimum absolute atomic E-state index is 0.494. The summed E-state index contributed by atoms with van der Waals surface area (Å²) in [7, 11) is 0. The molecule has 1 aliphatic heterocycles. The Hall–Kier alpha value is -1.75. The fourth-order valence-corrected chi connectivity index (χ4v) is 0.883. The molecule has 1 saturated heterocycles. The molecular formula is C11H22O10. The van der Waals surface area contributed by atoms with Gasteiger partial charge in [0, 0.05) is 27.4 Å². The van der Waals surface area contributed by atoms with Crippen LogP contribution in [0, 0.1) is 0 Å². The first kappa shape index (κ1) is 24.3. The monoisotopic (exact) mass is 314 g/mol. The Bertz CT molecular complexity index is 260. The molecular weight excluding hydrogens is 292 g/mol. The van der Waals surface area contributed by atoms with Crippen molar-refractivity contribution in [1.82, 2.24) is 0 Å². The van der Waals surface area contributed by atoms with Crippen LogP contribution in [-0.2, 0) is 19.1 Å². The minimum atomic E-state index is -2.64. The zero-order valence-electron chi connectivity index (χ0n) is 12.0. The molecule has 0 saturated carbocycles. The molecule has 1 heterocycles. The van der Waals surface area contributed by atoms with Crippen LogP contribution in [0.3, 0.4) is 0 Å².